The predicted octanol–water partition coefficient (Wildman–Crippen LogP) is 4.81. The van der Waals surface area contributed by atoms with Gasteiger partial charge < -0.3 is 9.59 Å². The lowest BCUT2D eigenvalue weighted by Gasteiger charge is -2.28. The first-order chi connectivity index (χ1) is 11.8. The van der Waals surface area contributed by atoms with Crippen molar-refractivity contribution in [3.8, 4) is 0 Å². The molecule has 2 aromatic rings. The summed E-state index contributed by atoms with van der Waals surface area (Å²) in [6.07, 6.45) is 8.03. The molecule has 0 radical (unpaired) electrons. The largest absolute Gasteiger partial charge is 0.303 e. The minimum absolute atomic E-state index is 0.371. The minimum Gasteiger partial charge on any atom is -0.303 e. The Morgan fingerprint density at radius 2 is 1.25 bits per heavy atom. The minimum atomic E-state index is -0.371. The van der Waals surface area contributed by atoms with Crippen molar-refractivity contribution >= 4 is 12.6 Å². The molecule has 0 bridgehead atoms. The molecule has 0 heterocycles. The van der Waals surface area contributed by atoms with Crippen molar-refractivity contribution in [2.24, 2.45) is 5.41 Å². The molecule has 0 saturated carbocycles. The van der Waals surface area contributed by atoms with E-state index in [0.717, 1.165) is 51.1 Å². The van der Waals surface area contributed by atoms with Gasteiger partial charge in [-0.2, -0.15) is 0 Å². The second kappa shape index (κ2) is 9.82. The topological polar surface area (TPSA) is 34.1 Å². The highest BCUT2D eigenvalue weighted by Crippen LogP contribution is 2.32. The highest BCUT2D eigenvalue weighted by molar-refractivity contribution is 5.61. The van der Waals surface area contributed by atoms with Crippen LogP contribution in [0.4, 0.5) is 0 Å². The molecule has 2 heteroatoms. The van der Waals surface area contributed by atoms with Gasteiger partial charge >= 0.3 is 0 Å². The van der Waals surface area contributed by atoms with Crippen molar-refractivity contribution in [1.29, 1.82) is 0 Å². The zero-order chi connectivity index (χ0) is 17.1. The Kier molecular flexibility index (Phi) is 7.41. The average molecular weight is 322 g/mol. The number of rotatable bonds is 11. The van der Waals surface area contributed by atoms with Crippen LogP contribution >= 0.6 is 0 Å². The van der Waals surface area contributed by atoms with E-state index in [0.29, 0.717) is 6.42 Å². The van der Waals surface area contributed by atoms with Gasteiger partial charge in [0.2, 0.25) is 0 Å². The van der Waals surface area contributed by atoms with Gasteiger partial charge in [-0.1, -0.05) is 73.5 Å². The third-order valence-corrected chi connectivity index (χ3v) is 4.54. The van der Waals surface area contributed by atoms with Crippen LogP contribution in [0.1, 0.15) is 43.2 Å². The van der Waals surface area contributed by atoms with E-state index in [9.17, 15) is 9.59 Å². The summed E-state index contributed by atoms with van der Waals surface area (Å²) in [6, 6.07) is 20.5. The van der Waals surface area contributed by atoms with Crippen molar-refractivity contribution in [2.45, 2.75) is 44.9 Å². The maximum Gasteiger partial charge on any atom is 0.126 e. The van der Waals surface area contributed by atoms with Gasteiger partial charge in [-0.15, -0.1) is 0 Å². The van der Waals surface area contributed by atoms with Gasteiger partial charge in [-0.25, -0.2) is 0 Å². The normalized spacial score (nSPS) is 11.2. The molecule has 24 heavy (non-hydrogen) atoms. The van der Waals surface area contributed by atoms with Gasteiger partial charge in [0.25, 0.3) is 0 Å². The zero-order valence-corrected chi connectivity index (χ0v) is 14.2. The molecule has 0 N–H and O–H groups in total. The van der Waals surface area contributed by atoms with Crippen LogP contribution in [-0.2, 0) is 22.4 Å². The molecular weight excluding hydrogens is 296 g/mol. The zero-order valence-electron chi connectivity index (χ0n) is 14.2. The SMILES string of the molecule is O=CCCCCCC(C=O)(Cc1ccccc1)Cc1ccccc1. The quantitative estimate of drug-likeness (QED) is 0.439. The standard InChI is InChI=1S/C22H26O2/c23-16-10-2-1-9-15-22(19-24,17-20-11-5-3-6-12-20)18-21-13-7-4-8-14-21/h3-8,11-14,16,19H,1-2,9-10,15,17-18H2. The smallest absolute Gasteiger partial charge is 0.126 e. The highest BCUT2D eigenvalue weighted by atomic mass is 16.1. The second-order valence-electron chi connectivity index (χ2n) is 6.57. The van der Waals surface area contributed by atoms with Crippen molar-refractivity contribution < 1.29 is 9.59 Å². The van der Waals surface area contributed by atoms with E-state index in [1.807, 2.05) is 36.4 Å². The first-order valence-corrected chi connectivity index (χ1v) is 8.76. The van der Waals surface area contributed by atoms with Crippen LogP contribution < -0.4 is 0 Å². The number of hydrogen-bond acceptors (Lipinski definition) is 2. The fraction of sp³-hybridized carbons (Fsp3) is 0.364. The summed E-state index contributed by atoms with van der Waals surface area (Å²) >= 11 is 0. The van der Waals surface area contributed by atoms with E-state index < -0.39 is 0 Å². The van der Waals surface area contributed by atoms with Gasteiger partial charge in [0.05, 0.1) is 0 Å². The molecule has 2 nitrogen and oxygen atoms in total. The Morgan fingerprint density at radius 1 is 0.708 bits per heavy atom. The first kappa shape index (κ1) is 18.1. The number of aldehydes is 2. The summed E-state index contributed by atoms with van der Waals surface area (Å²) in [7, 11) is 0. The van der Waals surface area contributed by atoms with E-state index in [1.54, 1.807) is 0 Å². The summed E-state index contributed by atoms with van der Waals surface area (Å²) in [4.78, 5) is 22.5. The maximum absolute atomic E-state index is 12.1. The highest BCUT2D eigenvalue weighted by Gasteiger charge is 2.30. The van der Waals surface area contributed by atoms with Crippen molar-refractivity contribution in [3.05, 3.63) is 71.8 Å². The van der Waals surface area contributed by atoms with Crippen molar-refractivity contribution in [2.75, 3.05) is 0 Å². The molecule has 0 aromatic heterocycles. The van der Waals surface area contributed by atoms with Gasteiger partial charge in [0.1, 0.15) is 12.6 Å². The molecule has 0 aliphatic carbocycles. The average Bonchev–Trinajstić information content (AvgIpc) is 2.63. The maximum atomic E-state index is 12.1. The first-order valence-electron chi connectivity index (χ1n) is 8.76. The van der Waals surface area contributed by atoms with Crippen LogP contribution in [0.15, 0.2) is 60.7 Å². The molecule has 0 atom stereocenters. The van der Waals surface area contributed by atoms with E-state index in [-0.39, 0.29) is 5.41 Å². The van der Waals surface area contributed by atoms with Gasteiger partial charge in [-0.3, -0.25) is 0 Å². The fourth-order valence-corrected chi connectivity index (χ4v) is 3.27. The molecule has 0 fully saturated rings. The monoisotopic (exact) mass is 322 g/mol. The molecule has 126 valence electrons. The molecule has 0 aliphatic heterocycles. The Labute approximate surface area is 144 Å². The number of benzene rings is 2. The lowest BCUT2D eigenvalue weighted by molar-refractivity contribution is -0.116. The lowest BCUT2D eigenvalue weighted by Crippen LogP contribution is -2.28. The summed E-state index contributed by atoms with van der Waals surface area (Å²) < 4.78 is 0. The molecule has 2 aromatic carbocycles. The molecule has 0 amide bonds. The third kappa shape index (κ3) is 5.77. The molecule has 0 spiro atoms. The number of carbonyl (C=O) groups excluding carboxylic acids is 2. The molecule has 0 aliphatic rings. The Hall–Kier alpha value is -2.22. The van der Waals surface area contributed by atoms with Crippen molar-refractivity contribution in [3.63, 3.8) is 0 Å². The van der Waals surface area contributed by atoms with Gasteiger partial charge in [0.15, 0.2) is 0 Å². The number of hydrogen-bond donors (Lipinski definition) is 0. The Balaban J connectivity index is 2.11. The van der Waals surface area contributed by atoms with Gasteiger partial charge in [0, 0.05) is 11.8 Å². The summed E-state index contributed by atoms with van der Waals surface area (Å²) in [5, 5.41) is 0. The number of carbonyl (C=O) groups is 2. The van der Waals surface area contributed by atoms with Gasteiger partial charge in [-0.05, 0) is 36.8 Å². The lowest BCUT2D eigenvalue weighted by atomic mass is 9.74. The third-order valence-electron chi connectivity index (χ3n) is 4.54. The molecule has 2 rings (SSSR count). The van der Waals surface area contributed by atoms with Crippen LogP contribution in [0.2, 0.25) is 0 Å². The second-order valence-corrected chi connectivity index (χ2v) is 6.57. The van der Waals surface area contributed by atoms with Crippen LogP contribution in [0.3, 0.4) is 0 Å². The van der Waals surface area contributed by atoms with E-state index in [4.69, 9.17) is 0 Å². The summed E-state index contributed by atoms with van der Waals surface area (Å²) in [6.45, 7) is 0. The number of unbranched alkanes of at least 4 members (excludes halogenated alkanes) is 3. The van der Waals surface area contributed by atoms with E-state index >= 15 is 0 Å². The Bertz CT molecular complexity index is 563. The molecule has 0 saturated heterocycles. The Morgan fingerprint density at radius 3 is 1.71 bits per heavy atom. The summed E-state index contributed by atoms with van der Waals surface area (Å²) in [5.74, 6) is 0. The van der Waals surface area contributed by atoms with Crippen LogP contribution in [0, 0.1) is 5.41 Å². The fourth-order valence-electron chi connectivity index (χ4n) is 3.27. The van der Waals surface area contributed by atoms with Crippen molar-refractivity contribution in [1.82, 2.24) is 0 Å². The van der Waals surface area contributed by atoms with E-state index in [2.05, 4.69) is 24.3 Å². The molecular formula is C22H26O2. The predicted molar refractivity (Wildman–Crippen MR) is 97.9 cm³/mol. The van der Waals surface area contributed by atoms with E-state index in [1.165, 1.54) is 11.1 Å². The van der Waals surface area contributed by atoms with Crippen LogP contribution in [0.5, 0.6) is 0 Å². The van der Waals surface area contributed by atoms with Crippen LogP contribution in [0.25, 0.3) is 0 Å². The van der Waals surface area contributed by atoms with Crippen LogP contribution in [-0.4, -0.2) is 12.6 Å². The molecule has 0 unspecified atom stereocenters. The summed E-state index contributed by atoms with van der Waals surface area (Å²) in [5.41, 5.74) is 2.03.